The highest BCUT2D eigenvalue weighted by molar-refractivity contribution is 5.64. The van der Waals surface area contributed by atoms with Crippen molar-refractivity contribution in [1.29, 1.82) is 0 Å². The van der Waals surface area contributed by atoms with Gasteiger partial charge in [-0.25, -0.2) is 4.98 Å². The first-order valence-corrected chi connectivity index (χ1v) is 6.78. The molecule has 0 spiro atoms. The summed E-state index contributed by atoms with van der Waals surface area (Å²) in [5.41, 5.74) is 7.65. The van der Waals surface area contributed by atoms with Crippen LogP contribution in [-0.2, 0) is 0 Å². The fraction of sp³-hybridized carbons (Fsp3) is 0.643. The van der Waals surface area contributed by atoms with Crippen LogP contribution in [0.4, 0.5) is 11.5 Å². The zero-order chi connectivity index (χ0) is 12.8. The van der Waals surface area contributed by atoms with Gasteiger partial charge in [0, 0.05) is 19.3 Å². The molecule has 0 radical (unpaired) electrons. The number of nitrogen functional groups attached to an aromatic ring is 1. The maximum Gasteiger partial charge on any atom is 0.151 e. The molecule has 1 aromatic heterocycles. The average Bonchev–Trinajstić information content (AvgIpc) is 3.13. The normalized spacial score (nSPS) is 23.1. The van der Waals surface area contributed by atoms with E-state index in [0.29, 0.717) is 5.92 Å². The molecule has 3 N–H and O–H groups in total. The Hall–Kier alpha value is -1.29. The van der Waals surface area contributed by atoms with Crippen molar-refractivity contribution in [1.82, 2.24) is 4.98 Å². The van der Waals surface area contributed by atoms with E-state index in [1.807, 2.05) is 13.1 Å². The van der Waals surface area contributed by atoms with E-state index in [-0.39, 0.29) is 0 Å². The molecule has 4 nitrogen and oxygen atoms in total. The summed E-state index contributed by atoms with van der Waals surface area (Å²) in [7, 11) is 0. The lowest BCUT2D eigenvalue weighted by molar-refractivity contribution is 0.0350. The smallest absolute Gasteiger partial charge is 0.151 e. The molecule has 2 aliphatic rings. The fourth-order valence-corrected chi connectivity index (χ4v) is 2.60. The summed E-state index contributed by atoms with van der Waals surface area (Å²) >= 11 is 0. The highest BCUT2D eigenvalue weighted by atomic mass is 16.3. The maximum atomic E-state index is 9.96. The van der Waals surface area contributed by atoms with Gasteiger partial charge in [0.2, 0.25) is 0 Å². The van der Waals surface area contributed by atoms with Crippen molar-refractivity contribution < 1.29 is 5.11 Å². The standard InChI is InChI=1S/C14H21N3O/c1-14(18)4-6-17(7-5-14)13-12(15)8-11(9-16-13)10-2-3-10/h8-10,18H,2-7,15H2,1H3. The van der Waals surface area contributed by atoms with Gasteiger partial charge < -0.3 is 15.7 Å². The van der Waals surface area contributed by atoms with E-state index in [4.69, 9.17) is 5.73 Å². The molecule has 1 aliphatic carbocycles. The van der Waals surface area contributed by atoms with E-state index in [1.165, 1.54) is 18.4 Å². The molecule has 3 rings (SSSR count). The van der Waals surface area contributed by atoms with Crippen molar-refractivity contribution in [2.24, 2.45) is 0 Å². The van der Waals surface area contributed by atoms with E-state index in [1.54, 1.807) is 0 Å². The molecule has 4 heteroatoms. The molecule has 98 valence electrons. The summed E-state index contributed by atoms with van der Waals surface area (Å²) in [6, 6.07) is 2.08. The van der Waals surface area contributed by atoms with Crippen molar-refractivity contribution in [3.05, 3.63) is 17.8 Å². The number of nitrogens with two attached hydrogens (primary N) is 1. The van der Waals surface area contributed by atoms with E-state index in [9.17, 15) is 5.11 Å². The molecule has 1 saturated carbocycles. The first-order chi connectivity index (χ1) is 8.55. The first-order valence-electron chi connectivity index (χ1n) is 6.78. The van der Waals surface area contributed by atoms with Crippen molar-refractivity contribution in [3.8, 4) is 0 Å². The van der Waals surface area contributed by atoms with Gasteiger partial charge in [0.25, 0.3) is 0 Å². The number of piperidine rings is 1. The maximum absolute atomic E-state index is 9.96. The van der Waals surface area contributed by atoms with Crippen LogP contribution >= 0.6 is 0 Å². The molecular formula is C14H21N3O. The van der Waals surface area contributed by atoms with E-state index >= 15 is 0 Å². The van der Waals surface area contributed by atoms with E-state index in [2.05, 4.69) is 16.0 Å². The van der Waals surface area contributed by atoms with Gasteiger partial charge in [-0.2, -0.15) is 0 Å². The van der Waals surface area contributed by atoms with Crippen LogP contribution in [-0.4, -0.2) is 28.8 Å². The zero-order valence-corrected chi connectivity index (χ0v) is 10.9. The van der Waals surface area contributed by atoms with Crippen LogP contribution in [0, 0.1) is 0 Å². The molecule has 0 amide bonds. The highest BCUT2D eigenvalue weighted by Gasteiger charge is 2.29. The third-order valence-electron chi connectivity index (χ3n) is 4.11. The van der Waals surface area contributed by atoms with Gasteiger partial charge in [0.05, 0.1) is 11.3 Å². The van der Waals surface area contributed by atoms with Gasteiger partial charge in [-0.15, -0.1) is 0 Å². The lowest BCUT2D eigenvalue weighted by Gasteiger charge is -2.36. The molecule has 1 aliphatic heterocycles. The quantitative estimate of drug-likeness (QED) is 0.837. The van der Waals surface area contributed by atoms with Crippen LogP contribution < -0.4 is 10.6 Å². The predicted molar refractivity (Wildman–Crippen MR) is 72.7 cm³/mol. The van der Waals surface area contributed by atoms with Crippen LogP contribution in [0.3, 0.4) is 0 Å². The molecule has 0 bridgehead atoms. The Kier molecular flexibility index (Phi) is 2.70. The van der Waals surface area contributed by atoms with Gasteiger partial charge in [-0.1, -0.05) is 0 Å². The third-order valence-corrected chi connectivity index (χ3v) is 4.11. The summed E-state index contributed by atoms with van der Waals surface area (Å²) < 4.78 is 0. The molecule has 0 atom stereocenters. The summed E-state index contributed by atoms with van der Waals surface area (Å²) in [4.78, 5) is 6.71. The molecule has 0 aromatic carbocycles. The SMILES string of the molecule is CC1(O)CCN(c2ncc(C3CC3)cc2N)CC1. The Morgan fingerprint density at radius 2 is 2.06 bits per heavy atom. The Bertz CT molecular complexity index is 444. The second-order valence-corrected chi connectivity index (χ2v) is 5.94. The number of nitrogens with zero attached hydrogens (tertiary/aromatic N) is 2. The number of aliphatic hydroxyl groups is 1. The van der Waals surface area contributed by atoms with Gasteiger partial charge in [-0.3, -0.25) is 0 Å². The van der Waals surface area contributed by atoms with Gasteiger partial charge in [-0.05, 0) is 50.2 Å². The Labute approximate surface area is 108 Å². The van der Waals surface area contributed by atoms with Gasteiger partial charge in [0.15, 0.2) is 5.82 Å². The predicted octanol–water partition coefficient (Wildman–Crippen LogP) is 1.89. The van der Waals surface area contributed by atoms with Crippen LogP contribution in [0.25, 0.3) is 0 Å². The second kappa shape index (κ2) is 4.12. The van der Waals surface area contributed by atoms with Gasteiger partial charge in [0.1, 0.15) is 0 Å². The second-order valence-electron chi connectivity index (χ2n) is 5.94. The minimum atomic E-state index is -0.529. The molecule has 1 saturated heterocycles. The third kappa shape index (κ3) is 2.29. The van der Waals surface area contributed by atoms with Gasteiger partial charge >= 0.3 is 0 Å². The lowest BCUT2D eigenvalue weighted by atomic mass is 9.94. The summed E-state index contributed by atoms with van der Waals surface area (Å²) in [5, 5.41) is 9.96. The van der Waals surface area contributed by atoms with E-state index < -0.39 is 5.60 Å². The van der Waals surface area contributed by atoms with Crippen molar-refractivity contribution in [3.63, 3.8) is 0 Å². The molecule has 2 heterocycles. The zero-order valence-electron chi connectivity index (χ0n) is 10.9. The molecule has 18 heavy (non-hydrogen) atoms. The minimum absolute atomic E-state index is 0.529. The van der Waals surface area contributed by atoms with Crippen LogP contribution in [0.5, 0.6) is 0 Å². The van der Waals surface area contributed by atoms with Crippen molar-refractivity contribution in [2.75, 3.05) is 23.7 Å². The van der Waals surface area contributed by atoms with Crippen LogP contribution in [0.1, 0.15) is 44.1 Å². The fourth-order valence-electron chi connectivity index (χ4n) is 2.60. The number of anilines is 2. The Morgan fingerprint density at radius 1 is 1.39 bits per heavy atom. The Balaban J connectivity index is 1.76. The minimum Gasteiger partial charge on any atom is -0.396 e. The first kappa shape index (κ1) is 11.8. The molecular weight excluding hydrogens is 226 g/mol. The largest absolute Gasteiger partial charge is 0.396 e. The van der Waals surface area contributed by atoms with Crippen LogP contribution in [0.15, 0.2) is 12.3 Å². The Morgan fingerprint density at radius 3 is 2.61 bits per heavy atom. The summed E-state index contributed by atoms with van der Waals surface area (Å²) in [6.45, 7) is 3.55. The van der Waals surface area contributed by atoms with Crippen molar-refractivity contribution in [2.45, 2.75) is 44.1 Å². The lowest BCUT2D eigenvalue weighted by Crippen LogP contribution is -2.43. The number of pyridine rings is 1. The van der Waals surface area contributed by atoms with Crippen molar-refractivity contribution >= 4 is 11.5 Å². The monoisotopic (exact) mass is 247 g/mol. The molecule has 0 unspecified atom stereocenters. The number of hydrogen-bond donors (Lipinski definition) is 2. The summed E-state index contributed by atoms with van der Waals surface area (Å²) in [5.74, 6) is 1.57. The number of hydrogen-bond acceptors (Lipinski definition) is 4. The molecule has 2 fully saturated rings. The van der Waals surface area contributed by atoms with E-state index in [0.717, 1.165) is 37.4 Å². The number of aromatic nitrogens is 1. The summed E-state index contributed by atoms with van der Waals surface area (Å²) in [6.07, 6.45) is 6.06. The topological polar surface area (TPSA) is 62.4 Å². The number of rotatable bonds is 2. The molecule has 1 aromatic rings. The highest BCUT2D eigenvalue weighted by Crippen LogP contribution is 2.41. The van der Waals surface area contributed by atoms with Crippen LogP contribution in [0.2, 0.25) is 0 Å². The average molecular weight is 247 g/mol.